The summed E-state index contributed by atoms with van der Waals surface area (Å²) >= 11 is 0. The highest BCUT2D eigenvalue weighted by molar-refractivity contribution is 7.85. The Labute approximate surface area is 104 Å². The molecule has 2 atom stereocenters. The maximum atomic E-state index is 11.3. The molecule has 1 amide bonds. The molecule has 0 radical (unpaired) electrons. The smallest absolute Gasteiger partial charge is 0.322 e. The molecule has 0 heterocycles. The van der Waals surface area contributed by atoms with Gasteiger partial charge in [-0.2, -0.15) is 8.42 Å². The van der Waals surface area contributed by atoms with Gasteiger partial charge in [-0.3, -0.25) is 19.6 Å². The first kappa shape index (κ1) is 16.8. The van der Waals surface area contributed by atoms with E-state index in [1.54, 1.807) is 13.8 Å². The first-order valence-corrected chi connectivity index (χ1v) is 6.64. The average Bonchev–Trinajstić information content (AvgIpc) is 2.13. The molecule has 0 bridgehead atoms. The largest absolute Gasteiger partial charge is 0.480 e. The highest BCUT2D eigenvalue weighted by Gasteiger charge is 2.24. The Bertz CT molecular complexity index is 407. The molecule has 0 aromatic heterocycles. The van der Waals surface area contributed by atoms with Crippen molar-refractivity contribution >= 4 is 22.0 Å². The first-order valence-electron chi connectivity index (χ1n) is 5.03. The van der Waals surface area contributed by atoms with Crippen LogP contribution in [0, 0.1) is 5.92 Å². The van der Waals surface area contributed by atoms with Gasteiger partial charge in [0, 0.05) is 0 Å². The molecule has 6 N–H and O–H groups in total. The minimum absolute atomic E-state index is 0.305. The Morgan fingerprint density at radius 3 is 2.17 bits per heavy atom. The van der Waals surface area contributed by atoms with Crippen LogP contribution in [0.2, 0.25) is 0 Å². The number of hydrogen-bond donors (Lipinski definition) is 5. The van der Waals surface area contributed by atoms with Gasteiger partial charge in [-0.05, 0) is 5.92 Å². The lowest BCUT2D eigenvalue weighted by Crippen LogP contribution is -2.55. The lowest BCUT2D eigenvalue weighted by Gasteiger charge is -2.19. The Morgan fingerprint density at radius 1 is 1.33 bits per heavy atom. The van der Waals surface area contributed by atoms with Gasteiger partial charge in [0.15, 0.2) is 0 Å². The Hall–Kier alpha value is -1.23. The summed E-state index contributed by atoms with van der Waals surface area (Å²) in [5, 5.41) is 8.80. The summed E-state index contributed by atoms with van der Waals surface area (Å²) in [6.07, 6.45) is 0. The van der Waals surface area contributed by atoms with Crippen LogP contribution in [-0.2, 0) is 19.7 Å². The zero-order valence-corrected chi connectivity index (χ0v) is 10.8. The minimum atomic E-state index is -4.37. The van der Waals surface area contributed by atoms with Gasteiger partial charge in [0.05, 0.1) is 5.75 Å². The van der Waals surface area contributed by atoms with E-state index in [-0.39, 0.29) is 5.92 Å². The van der Waals surface area contributed by atoms with Gasteiger partial charge in [-0.1, -0.05) is 13.8 Å². The summed E-state index contributed by atoms with van der Waals surface area (Å²) in [5.41, 5.74) is 9.43. The fourth-order valence-corrected chi connectivity index (χ4v) is 1.66. The molecule has 0 aromatic carbocycles. The van der Waals surface area contributed by atoms with E-state index < -0.39 is 39.8 Å². The van der Waals surface area contributed by atoms with Crippen LogP contribution >= 0.6 is 0 Å². The second-order valence-corrected chi connectivity index (χ2v) is 5.55. The zero-order chi connectivity index (χ0) is 14.5. The topological polar surface area (TPSA) is 159 Å². The molecule has 10 heteroatoms. The van der Waals surface area contributed by atoms with Crippen LogP contribution in [0.15, 0.2) is 0 Å². The summed E-state index contributed by atoms with van der Waals surface area (Å²) < 4.78 is 29.5. The van der Waals surface area contributed by atoms with Crippen LogP contribution in [0.25, 0.3) is 0 Å². The summed E-state index contributed by atoms with van der Waals surface area (Å²) in [4.78, 5) is 22.1. The Balaban J connectivity index is 4.37. The van der Waals surface area contributed by atoms with Crippen molar-refractivity contribution in [3.8, 4) is 0 Å². The normalized spacial score (nSPS) is 15.2. The summed E-state index contributed by atoms with van der Waals surface area (Å²) in [6.45, 7) is 3.24. The molecule has 0 spiro atoms. The van der Waals surface area contributed by atoms with Crippen molar-refractivity contribution in [3.63, 3.8) is 0 Å². The summed E-state index contributed by atoms with van der Waals surface area (Å²) in [6, 6.07) is -2.53. The van der Waals surface area contributed by atoms with E-state index in [1.807, 2.05) is 5.43 Å². The number of nitrogens with one attached hydrogen (secondary N) is 2. The van der Waals surface area contributed by atoms with E-state index >= 15 is 0 Å². The molecule has 1 unspecified atom stereocenters. The zero-order valence-electron chi connectivity index (χ0n) is 9.95. The highest BCUT2D eigenvalue weighted by atomic mass is 32.2. The van der Waals surface area contributed by atoms with Gasteiger partial charge in [0.2, 0.25) is 0 Å². The van der Waals surface area contributed by atoms with E-state index in [0.717, 1.165) is 0 Å². The fourth-order valence-electron chi connectivity index (χ4n) is 1.06. The van der Waals surface area contributed by atoms with Gasteiger partial charge in [-0.25, -0.2) is 5.43 Å². The van der Waals surface area contributed by atoms with Crippen molar-refractivity contribution in [1.82, 2.24) is 10.9 Å². The quantitative estimate of drug-likeness (QED) is 0.263. The fraction of sp³-hybridized carbons (Fsp3) is 0.750. The molecule has 0 aliphatic carbocycles. The van der Waals surface area contributed by atoms with Crippen molar-refractivity contribution in [1.29, 1.82) is 0 Å². The van der Waals surface area contributed by atoms with Crippen LogP contribution in [0.5, 0.6) is 0 Å². The summed E-state index contributed by atoms with van der Waals surface area (Å²) in [5.74, 6) is -3.35. The molecule has 0 saturated heterocycles. The van der Waals surface area contributed by atoms with Gasteiger partial charge in [-0.15, -0.1) is 0 Å². The number of rotatable bonds is 7. The second-order valence-electron chi connectivity index (χ2n) is 4.05. The molecular formula is C8H17N3O6S. The number of hydrazine groups is 1. The molecule has 0 aliphatic rings. The van der Waals surface area contributed by atoms with E-state index in [1.165, 1.54) is 0 Å². The van der Waals surface area contributed by atoms with Crippen LogP contribution < -0.4 is 16.6 Å². The number of hydrogen-bond acceptors (Lipinski definition) is 6. The summed E-state index contributed by atoms with van der Waals surface area (Å²) in [7, 11) is -4.37. The average molecular weight is 283 g/mol. The van der Waals surface area contributed by atoms with Gasteiger partial charge in [0.25, 0.3) is 16.0 Å². The maximum absolute atomic E-state index is 11.3. The van der Waals surface area contributed by atoms with Crippen molar-refractivity contribution < 1.29 is 27.7 Å². The number of carboxylic acids is 1. The molecular weight excluding hydrogens is 266 g/mol. The van der Waals surface area contributed by atoms with Gasteiger partial charge in [0.1, 0.15) is 12.1 Å². The number of aliphatic carboxylic acids is 1. The molecule has 18 heavy (non-hydrogen) atoms. The first-order chi connectivity index (χ1) is 8.04. The molecule has 0 aliphatic heterocycles. The Morgan fingerprint density at radius 2 is 1.83 bits per heavy atom. The molecule has 0 rings (SSSR count). The van der Waals surface area contributed by atoms with Crippen molar-refractivity contribution in [3.05, 3.63) is 0 Å². The molecule has 0 aromatic rings. The third-order valence-corrected chi connectivity index (χ3v) is 2.79. The predicted octanol–water partition coefficient (Wildman–Crippen LogP) is -2.07. The van der Waals surface area contributed by atoms with E-state index in [4.69, 9.17) is 15.4 Å². The molecule has 0 saturated carbocycles. The molecule has 0 fully saturated rings. The third-order valence-electron chi connectivity index (χ3n) is 2.01. The van der Waals surface area contributed by atoms with Crippen molar-refractivity contribution in [2.75, 3.05) is 5.75 Å². The number of carboxylic acid groups (broad SMARTS) is 1. The van der Waals surface area contributed by atoms with Crippen molar-refractivity contribution in [2.24, 2.45) is 11.7 Å². The Kier molecular flexibility index (Phi) is 6.18. The monoisotopic (exact) mass is 283 g/mol. The van der Waals surface area contributed by atoms with Crippen molar-refractivity contribution in [2.45, 2.75) is 25.9 Å². The number of nitrogens with two attached hydrogens (primary N) is 1. The van der Waals surface area contributed by atoms with E-state index in [9.17, 15) is 18.0 Å². The van der Waals surface area contributed by atoms with Crippen LogP contribution in [0.3, 0.4) is 0 Å². The second kappa shape index (κ2) is 6.64. The maximum Gasteiger partial charge on any atom is 0.322 e. The number of carbonyl (C=O) groups is 2. The van der Waals surface area contributed by atoms with Gasteiger partial charge < -0.3 is 10.8 Å². The molecule has 106 valence electrons. The standard InChI is InChI=1S/C8H17N3O6S/c1-4(2)6(8(13)14)10-11-7(12)5(9)3-18(15,16)17/h4-6,10H,3,9H2,1-2H3,(H,11,12)(H,13,14)(H,15,16,17)/t5?,6-/m0/s1. The predicted molar refractivity (Wildman–Crippen MR) is 61.9 cm³/mol. The van der Waals surface area contributed by atoms with E-state index in [0.29, 0.717) is 0 Å². The third kappa shape index (κ3) is 6.49. The number of amides is 1. The van der Waals surface area contributed by atoms with Crippen LogP contribution in [-0.4, -0.2) is 47.8 Å². The molecule has 9 nitrogen and oxygen atoms in total. The lowest BCUT2D eigenvalue weighted by molar-refractivity contribution is -0.141. The highest BCUT2D eigenvalue weighted by Crippen LogP contribution is 2.00. The lowest BCUT2D eigenvalue weighted by atomic mass is 10.1. The van der Waals surface area contributed by atoms with Crippen LogP contribution in [0.4, 0.5) is 0 Å². The van der Waals surface area contributed by atoms with E-state index in [2.05, 4.69) is 5.43 Å². The SMILES string of the molecule is CC(C)[C@H](NNC(=O)C(N)CS(=O)(=O)O)C(=O)O. The minimum Gasteiger partial charge on any atom is -0.480 e. The van der Waals surface area contributed by atoms with Crippen LogP contribution in [0.1, 0.15) is 13.8 Å². The number of carbonyl (C=O) groups excluding carboxylic acids is 1. The van der Waals surface area contributed by atoms with Gasteiger partial charge >= 0.3 is 5.97 Å².